The van der Waals surface area contributed by atoms with Crippen molar-refractivity contribution in [3.8, 4) is 0 Å². The van der Waals surface area contributed by atoms with Crippen molar-refractivity contribution in [2.75, 3.05) is 31.6 Å². The van der Waals surface area contributed by atoms with E-state index in [0.717, 1.165) is 25.1 Å². The van der Waals surface area contributed by atoms with Gasteiger partial charge in [0.2, 0.25) is 11.8 Å². The number of aromatic nitrogens is 1. The number of anilines is 1. The van der Waals surface area contributed by atoms with Gasteiger partial charge >= 0.3 is 0 Å². The fourth-order valence-electron chi connectivity index (χ4n) is 3.67. The standard InChI is InChI=1S/C16H25N3O4/c1-11-8-15(23-18-11)17-14(20)9-19-6-3-4-13(19)12-10-22-7-5-16(12,2)21/h8,12-13,21H,3-7,9-10H2,1-2H3,(H,17,20)/t12-,13+,16+/m0/s1. The average molecular weight is 323 g/mol. The summed E-state index contributed by atoms with van der Waals surface area (Å²) in [4.78, 5) is 14.4. The molecule has 7 heteroatoms. The predicted molar refractivity (Wildman–Crippen MR) is 84.0 cm³/mol. The first-order valence-electron chi connectivity index (χ1n) is 8.23. The largest absolute Gasteiger partial charge is 0.390 e. The SMILES string of the molecule is Cc1cc(NC(=O)CN2CCC[C@@H]2[C@@H]2COCC[C@@]2(C)O)on1. The fraction of sp³-hybridized carbons (Fsp3) is 0.750. The minimum absolute atomic E-state index is 0.0408. The molecule has 2 saturated heterocycles. The Bertz CT molecular complexity index is 557. The molecule has 1 aromatic rings. The van der Waals surface area contributed by atoms with Crippen LogP contribution in [0, 0.1) is 12.8 Å². The maximum absolute atomic E-state index is 12.2. The number of hydrogen-bond donors (Lipinski definition) is 2. The lowest BCUT2D eigenvalue weighted by atomic mass is 9.79. The number of amides is 1. The van der Waals surface area contributed by atoms with Crippen LogP contribution in [0.15, 0.2) is 10.6 Å². The molecule has 0 bridgehead atoms. The maximum atomic E-state index is 12.2. The smallest absolute Gasteiger partial charge is 0.240 e. The van der Waals surface area contributed by atoms with E-state index in [1.165, 1.54) is 0 Å². The molecule has 0 radical (unpaired) electrons. The molecule has 7 nitrogen and oxygen atoms in total. The first kappa shape index (κ1) is 16.4. The van der Waals surface area contributed by atoms with Crippen LogP contribution in [0.4, 0.5) is 5.88 Å². The number of carbonyl (C=O) groups excluding carboxylic acids is 1. The van der Waals surface area contributed by atoms with E-state index in [0.29, 0.717) is 25.5 Å². The molecule has 3 heterocycles. The number of hydrogen-bond acceptors (Lipinski definition) is 6. The van der Waals surface area contributed by atoms with Crippen molar-refractivity contribution in [2.45, 2.75) is 44.8 Å². The molecule has 0 aliphatic carbocycles. The Labute approximate surface area is 136 Å². The Morgan fingerprint density at radius 2 is 2.43 bits per heavy atom. The van der Waals surface area contributed by atoms with Crippen LogP contribution in [0.5, 0.6) is 0 Å². The third-order valence-corrected chi connectivity index (χ3v) is 4.96. The van der Waals surface area contributed by atoms with Gasteiger partial charge in [0.1, 0.15) is 0 Å². The third kappa shape index (κ3) is 3.73. The lowest BCUT2D eigenvalue weighted by molar-refractivity contribution is -0.129. The minimum Gasteiger partial charge on any atom is -0.390 e. The van der Waals surface area contributed by atoms with Gasteiger partial charge in [-0.3, -0.25) is 15.0 Å². The van der Waals surface area contributed by atoms with Crippen LogP contribution in [0.2, 0.25) is 0 Å². The summed E-state index contributed by atoms with van der Waals surface area (Å²) in [5, 5.41) is 17.1. The monoisotopic (exact) mass is 323 g/mol. The number of nitrogens with one attached hydrogen (secondary N) is 1. The van der Waals surface area contributed by atoms with Crippen LogP contribution >= 0.6 is 0 Å². The zero-order chi connectivity index (χ0) is 16.4. The van der Waals surface area contributed by atoms with Crippen molar-refractivity contribution in [3.63, 3.8) is 0 Å². The van der Waals surface area contributed by atoms with Crippen LogP contribution in [-0.4, -0.2) is 59.0 Å². The number of rotatable bonds is 4. The third-order valence-electron chi connectivity index (χ3n) is 4.96. The van der Waals surface area contributed by atoms with Gasteiger partial charge in [0.25, 0.3) is 0 Å². The first-order chi connectivity index (χ1) is 11.0. The molecule has 2 aliphatic heterocycles. The van der Waals surface area contributed by atoms with Gasteiger partial charge in [-0.25, -0.2) is 0 Å². The second-order valence-electron chi connectivity index (χ2n) is 6.85. The summed E-state index contributed by atoms with van der Waals surface area (Å²) in [5.74, 6) is 0.291. The molecule has 1 amide bonds. The molecular weight excluding hydrogens is 298 g/mol. The van der Waals surface area contributed by atoms with Crippen LogP contribution in [0.3, 0.4) is 0 Å². The van der Waals surface area contributed by atoms with Gasteiger partial charge in [-0.15, -0.1) is 0 Å². The average Bonchev–Trinajstić information content (AvgIpc) is 3.08. The van der Waals surface area contributed by atoms with Gasteiger partial charge in [-0.05, 0) is 39.7 Å². The summed E-state index contributed by atoms with van der Waals surface area (Å²) in [5.41, 5.74) is -0.000866. The molecule has 2 aliphatic rings. The van der Waals surface area contributed by atoms with Crippen molar-refractivity contribution >= 4 is 11.8 Å². The molecule has 0 aromatic carbocycles. The highest BCUT2D eigenvalue weighted by atomic mass is 16.5. The zero-order valence-electron chi connectivity index (χ0n) is 13.7. The highest BCUT2D eigenvalue weighted by Gasteiger charge is 2.44. The Balaban J connectivity index is 1.61. The predicted octanol–water partition coefficient (Wildman–Crippen LogP) is 1.17. The van der Waals surface area contributed by atoms with Gasteiger partial charge in [0.05, 0.1) is 24.4 Å². The summed E-state index contributed by atoms with van der Waals surface area (Å²) in [6.07, 6.45) is 2.66. The van der Waals surface area contributed by atoms with Gasteiger partial charge in [0.15, 0.2) is 0 Å². The zero-order valence-corrected chi connectivity index (χ0v) is 13.7. The highest BCUT2D eigenvalue weighted by molar-refractivity contribution is 5.91. The summed E-state index contributed by atoms with van der Waals surface area (Å²) in [6, 6.07) is 1.87. The van der Waals surface area contributed by atoms with E-state index < -0.39 is 5.60 Å². The quantitative estimate of drug-likeness (QED) is 0.865. The van der Waals surface area contributed by atoms with Gasteiger partial charge < -0.3 is 14.4 Å². The van der Waals surface area contributed by atoms with E-state index in [2.05, 4.69) is 15.4 Å². The molecule has 1 aromatic heterocycles. The van der Waals surface area contributed by atoms with Crippen LogP contribution in [0.25, 0.3) is 0 Å². The molecule has 0 unspecified atom stereocenters. The van der Waals surface area contributed by atoms with Gasteiger partial charge in [-0.2, -0.15) is 0 Å². The molecular formula is C16H25N3O4. The highest BCUT2D eigenvalue weighted by Crippen LogP contribution is 2.35. The van der Waals surface area contributed by atoms with Gasteiger partial charge in [0, 0.05) is 24.6 Å². The van der Waals surface area contributed by atoms with Crippen LogP contribution < -0.4 is 5.32 Å². The van der Waals surface area contributed by atoms with Crippen molar-refractivity contribution in [2.24, 2.45) is 5.92 Å². The van der Waals surface area contributed by atoms with E-state index in [1.807, 2.05) is 6.92 Å². The normalized spacial score (nSPS) is 32.1. The van der Waals surface area contributed by atoms with Crippen molar-refractivity contribution in [1.82, 2.24) is 10.1 Å². The molecule has 23 heavy (non-hydrogen) atoms. The van der Waals surface area contributed by atoms with Crippen LogP contribution in [-0.2, 0) is 9.53 Å². The number of nitrogens with zero attached hydrogens (tertiary/aromatic N) is 2. The molecule has 2 fully saturated rings. The molecule has 0 saturated carbocycles. The number of likely N-dealkylation sites (tertiary alicyclic amines) is 1. The Morgan fingerprint density at radius 1 is 1.61 bits per heavy atom. The molecule has 3 rings (SSSR count). The first-order valence-corrected chi connectivity index (χ1v) is 8.23. The van der Waals surface area contributed by atoms with Crippen LogP contribution in [0.1, 0.15) is 31.9 Å². The molecule has 2 N–H and O–H groups in total. The Hall–Kier alpha value is -1.44. The number of aryl methyl sites for hydroxylation is 1. The van der Waals surface area contributed by atoms with E-state index in [4.69, 9.17) is 9.26 Å². The van der Waals surface area contributed by atoms with Crippen molar-refractivity contribution < 1.29 is 19.2 Å². The minimum atomic E-state index is -0.732. The lowest BCUT2D eigenvalue weighted by Crippen LogP contribution is -2.53. The van der Waals surface area contributed by atoms with Crippen molar-refractivity contribution in [1.29, 1.82) is 0 Å². The summed E-state index contributed by atoms with van der Waals surface area (Å²) in [6.45, 7) is 5.99. The molecule has 0 spiro atoms. The maximum Gasteiger partial charge on any atom is 0.240 e. The second-order valence-corrected chi connectivity index (χ2v) is 6.85. The topological polar surface area (TPSA) is 87.8 Å². The van der Waals surface area contributed by atoms with E-state index in [-0.39, 0.29) is 24.4 Å². The molecule has 3 atom stereocenters. The van der Waals surface area contributed by atoms with E-state index in [1.54, 1.807) is 13.0 Å². The fourth-order valence-corrected chi connectivity index (χ4v) is 3.67. The Morgan fingerprint density at radius 3 is 3.13 bits per heavy atom. The van der Waals surface area contributed by atoms with E-state index in [9.17, 15) is 9.90 Å². The summed E-state index contributed by atoms with van der Waals surface area (Å²) < 4.78 is 10.6. The molecule has 128 valence electrons. The Kier molecular flexibility index (Phi) is 4.70. The number of ether oxygens (including phenoxy) is 1. The van der Waals surface area contributed by atoms with Crippen molar-refractivity contribution in [3.05, 3.63) is 11.8 Å². The van der Waals surface area contributed by atoms with E-state index >= 15 is 0 Å². The number of carbonyl (C=O) groups is 1. The summed E-state index contributed by atoms with van der Waals surface area (Å²) >= 11 is 0. The number of aliphatic hydroxyl groups is 1. The summed E-state index contributed by atoms with van der Waals surface area (Å²) in [7, 11) is 0. The lowest BCUT2D eigenvalue weighted by Gasteiger charge is -2.43. The second kappa shape index (κ2) is 6.59. The van der Waals surface area contributed by atoms with Gasteiger partial charge in [-0.1, -0.05) is 5.16 Å².